The lowest BCUT2D eigenvalue weighted by atomic mass is 10.8. The molecule has 0 rings (SSSR count). The van der Waals surface area contributed by atoms with Crippen LogP contribution in [0.15, 0.2) is 0 Å². The summed E-state index contributed by atoms with van der Waals surface area (Å²) in [7, 11) is 0. The Morgan fingerprint density at radius 2 is 2.50 bits per heavy atom. The predicted octanol–water partition coefficient (Wildman–Crippen LogP) is 0.926. The Balaban J connectivity index is 2.81. The Morgan fingerprint density at radius 1 is 2.00 bits per heavy atom. The highest BCUT2D eigenvalue weighted by Gasteiger charge is 1.87. The smallest absolute Gasteiger partial charge is 0.236 e. The highest BCUT2D eigenvalue weighted by atomic mass is 19.1. The molecule has 0 saturated carbocycles. The maximum atomic E-state index is 11.3. The topological polar surface area (TPSA) is 33.1 Å². The Kier molecular flexibility index (Phi) is 2.36. The molecule has 0 saturated heterocycles. The van der Waals surface area contributed by atoms with Gasteiger partial charge in [-0.05, 0) is 0 Å². The van der Waals surface area contributed by atoms with Crippen molar-refractivity contribution in [1.29, 1.82) is 5.41 Å². The fraction of sp³-hybridized carbons (Fsp3) is 0.667. The first kappa shape index (κ1) is 5.40. The Bertz CT molecular complexity index is 46.1. The van der Waals surface area contributed by atoms with Gasteiger partial charge < -0.3 is 4.74 Å². The molecule has 1 N–H and O–H groups in total. The second-order valence-electron chi connectivity index (χ2n) is 0.797. The van der Waals surface area contributed by atoms with Crippen LogP contribution in [0.3, 0.4) is 0 Å². The van der Waals surface area contributed by atoms with Crippen molar-refractivity contribution in [3.8, 4) is 0 Å². The maximum absolute atomic E-state index is 11.3. The van der Waals surface area contributed by atoms with Crippen LogP contribution in [0.2, 0.25) is 0 Å². The van der Waals surface area contributed by atoms with Crippen LogP contribution in [0.25, 0.3) is 0 Å². The Hall–Kier alpha value is -0.600. The molecule has 0 aliphatic carbocycles. The van der Waals surface area contributed by atoms with Crippen molar-refractivity contribution in [3.63, 3.8) is 0 Å². The van der Waals surface area contributed by atoms with Crippen molar-refractivity contribution in [2.75, 3.05) is 0 Å². The molecule has 1 unspecified atom stereocenters. The normalized spacial score (nSPS) is 13.0. The van der Waals surface area contributed by atoms with E-state index in [1.54, 1.807) is 0 Å². The SMILES string of the molecule is CC(F)OC=N. The van der Waals surface area contributed by atoms with Crippen molar-refractivity contribution >= 4 is 6.40 Å². The molecule has 1 atom stereocenters. The van der Waals surface area contributed by atoms with E-state index in [0.717, 1.165) is 0 Å². The van der Waals surface area contributed by atoms with Gasteiger partial charge in [-0.2, -0.15) is 0 Å². The highest BCUT2D eigenvalue weighted by Crippen LogP contribution is 1.84. The molecular formula is C3H6FNO. The molecule has 0 amide bonds. The molecule has 3 heteroatoms. The first-order valence-corrected chi connectivity index (χ1v) is 1.56. The summed E-state index contributed by atoms with van der Waals surface area (Å²) in [5.74, 6) is 0. The average Bonchev–Trinajstić information content (AvgIpc) is 1.35. The molecule has 0 aliphatic rings. The summed E-state index contributed by atoms with van der Waals surface area (Å²) in [6.07, 6.45) is -0.771. The predicted molar refractivity (Wildman–Crippen MR) is 20.4 cm³/mol. The molecule has 0 aromatic heterocycles. The van der Waals surface area contributed by atoms with E-state index in [-0.39, 0.29) is 0 Å². The van der Waals surface area contributed by atoms with Gasteiger partial charge in [-0.25, -0.2) is 4.39 Å². The fourth-order valence-corrected chi connectivity index (χ4v) is 0.0938. The monoisotopic (exact) mass is 91.0 g/mol. The van der Waals surface area contributed by atoms with Gasteiger partial charge >= 0.3 is 0 Å². The van der Waals surface area contributed by atoms with E-state index >= 15 is 0 Å². The standard InChI is InChI=1S/C3H6FNO/c1-3(4)6-2-5/h2-3,5H,1H3. The second kappa shape index (κ2) is 2.63. The lowest BCUT2D eigenvalue weighted by Gasteiger charge is -1.93. The summed E-state index contributed by atoms with van der Waals surface area (Å²) in [5, 5.41) is 6.15. The minimum atomic E-state index is -1.34. The minimum Gasteiger partial charge on any atom is -0.451 e. The van der Waals surface area contributed by atoms with Crippen molar-refractivity contribution in [1.82, 2.24) is 0 Å². The molecule has 0 radical (unpaired) electrons. The van der Waals surface area contributed by atoms with Gasteiger partial charge in [0.1, 0.15) is 0 Å². The fourth-order valence-electron chi connectivity index (χ4n) is 0.0938. The largest absolute Gasteiger partial charge is 0.451 e. The first-order chi connectivity index (χ1) is 2.77. The van der Waals surface area contributed by atoms with E-state index in [9.17, 15) is 4.39 Å². The van der Waals surface area contributed by atoms with Gasteiger partial charge in [0.05, 0.1) is 0 Å². The average molecular weight is 91.1 g/mol. The molecule has 0 aliphatic heterocycles. The molecule has 36 valence electrons. The zero-order valence-corrected chi connectivity index (χ0v) is 3.44. The molecule has 0 spiro atoms. The van der Waals surface area contributed by atoms with E-state index in [0.29, 0.717) is 6.40 Å². The van der Waals surface area contributed by atoms with E-state index < -0.39 is 6.36 Å². The number of alkyl halides is 1. The van der Waals surface area contributed by atoms with Crippen molar-refractivity contribution in [3.05, 3.63) is 0 Å². The molecule has 0 aromatic carbocycles. The zero-order valence-electron chi connectivity index (χ0n) is 3.44. The molecule has 0 heterocycles. The lowest BCUT2D eigenvalue weighted by Crippen LogP contribution is -1.95. The van der Waals surface area contributed by atoms with Crippen molar-refractivity contribution in [2.45, 2.75) is 13.3 Å². The number of rotatable bonds is 2. The third kappa shape index (κ3) is 3.40. The summed E-state index contributed by atoms with van der Waals surface area (Å²) in [6, 6.07) is 0. The molecule has 0 fully saturated rings. The van der Waals surface area contributed by atoms with Crippen LogP contribution in [-0.2, 0) is 4.74 Å². The number of hydrogen-bond acceptors (Lipinski definition) is 2. The van der Waals surface area contributed by atoms with Gasteiger partial charge in [0, 0.05) is 6.92 Å². The van der Waals surface area contributed by atoms with Gasteiger partial charge in [0.2, 0.25) is 6.36 Å². The Morgan fingerprint density at radius 3 is 2.50 bits per heavy atom. The maximum Gasteiger partial charge on any atom is 0.236 e. The van der Waals surface area contributed by atoms with Gasteiger partial charge in [-0.15, -0.1) is 0 Å². The van der Waals surface area contributed by atoms with Crippen LogP contribution < -0.4 is 0 Å². The highest BCUT2D eigenvalue weighted by molar-refractivity contribution is 5.40. The summed E-state index contributed by atoms with van der Waals surface area (Å²) in [6.45, 7) is 1.21. The summed E-state index contributed by atoms with van der Waals surface area (Å²) < 4.78 is 15.2. The molecule has 2 nitrogen and oxygen atoms in total. The third-order valence-corrected chi connectivity index (χ3v) is 0.256. The van der Waals surface area contributed by atoms with E-state index in [1.165, 1.54) is 6.92 Å². The summed E-state index contributed by atoms with van der Waals surface area (Å²) in [5.41, 5.74) is 0. The molecule has 0 aromatic rings. The van der Waals surface area contributed by atoms with Crippen LogP contribution in [0.5, 0.6) is 0 Å². The van der Waals surface area contributed by atoms with Crippen molar-refractivity contribution < 1.29 is 9.13 Å². The van der Waals surface area contributed by atoms with Crippen LogP contribution in [0.1, 0.15) is 6.92 Å². The minimum absolute atomic E-state index is 0.574. The quantitative estimate of drug-likeness (QED) is 0.398. The summed E-state index contributed by atoms with van der Waals surface area (Å²) in [4.78, 5) is 0. The van der Waals surface area contributed by atoms with Gasteiger partial charge in [0.15, 0.2) is 6.40 Å². The number of hydrogen-bond donors (Lipinski definition) is 1. The first-order valence-electron chi connectivity index (χ1n) is 1.56. The molecule has 0 bridgehead atoms. The van der Waals surface area contributed by atoms with E-state index in [1.807, 2.05) is 0 Å². The third-order valence-electron chi connectivity index (χ3n) is 0.256. The van der Waals surface area contributed by atoms with Crippen LogP contribution in [0, 0.1) is 5.41 Å². The molecule has 6 heavy (non-hydrogen) atoms. The van der Waals surface area contributed by atoms with Crippen LogP contribution >= 0.6 is 0 Å². The van der Waals surface area contributed by atoms with Crippen LogP contribution in [-0.4, -0.2) is 12.8 Å². The number of nitrogens with one attached hydrogen (secondary N) is 1. The van der Waals surface area contributed by atoms with Gasteiger partial charge in [0.25, 0.3) is 0 Å². The zero-order chi connectivity index (χ0) is 4.99. The van der Waals surface area contributed by atoms with E-state index in [4.69, 9.17) is 5.41 Å². The van der Waals surface area contributed by atoms with Crippen molar-refractivity contribution in [2.24, 2.45) is 0 Å². The lowest BCUT2D eigenvalue weighted by molar-refractivity contribution is 0.0807. The Labute approximate surface area is 35.4 Å². The van der Waals surface area contributed by atoms with Gasteiger partial charge in [-0.1, -0.05) is 0 Å². The number of halogens is 1. The van der Waals surface area contributed by atoms with Gasteiger partial charge in [-0.3, -0.25) is 5.41 Å². The summed E-state index contributed by atoms with van der Waals surface area (Å²) >= 11 is 0. The van der Waals surface area contributed by atoms with Crippen LogP contribution in [0.4, 0.5) is 4.39 Å². The van der Waals surface area contributed by atoms with E-state index in [2.05, 4.69) is 4.74 Å². The second-order valence-corrected chi connectivity index (χ2v) is 0.797. The number of ether oxygens (including phenoxy) is 1. The molecular weight excluding hydrogens is 85.0 g/mol.